The number of phenolic OH excluding ortho intramolecular Hbond substituents is 1. The van der Waals surface area contributed by atoms with E-state index in [1.54, 1.807) is 6.92 Å². The van der Waals surface area contributed by atoms with Crippen LogP contribution in [0.1, 0.15) is 18.5 Å². The zero-order valence-corrected chi connectivity index (χ0v) is 8.10. The van der Waals surface area contributed by atoms with Crippen molar-refractivity contribution in [2.24, 2.45) is 5.73 Å². The van der Waals surface area contributed by atoms with E-state index in [0.717, 1.165) is 0 Å². The van der Waals surface area contributed by atoms with Crippen molar-refractivity contribution in [3.8, 4) is 5.75 Å². The van der Waals surface area contributed by atoms with E-state index in [-0.39, 0.29) is 11.8 Å². The number of rotatable bonds is 1. The number of hydrogen-bond donors (Lipinski definition) is 2. The van der Waals surface area contributed by atoms with Gasteiger partial charge in [0.25, 0.3) is 0 Å². The van der Waals surface area contributed by atoms with Gasteiger partial charge in [-0.05, 0) is 35.0 Å². The van der Waals surface area contributed by atoms with Gasteiger partial charge in [-0.25, -0.2) is 4.39 Å². The van der Waals surface area contributed by atoms with Gasteiger partial charge >= 0.3 is 0 Å². The Balaban J connectivity index is 3.28. The quantitative estimate of drug-likeness (QED) is 0.783. The number of halogens is 2. The molecule has 0 amide bonds. The van der Waals surface area contributed by atoms with Gasteiger partial charge in [0, 0.05) is 11.6 Å². The molecule has 0 saturated heterocycles. The minimum absolute atomic E-state index is 0.00593. The van der Waals surface area contributed by atoms with E-state index in [2.05, 4.69) is 15.9 Å². The van der Waals surface area contributed by atoms with Gasteiger partial charge in [-0.15, -0.1) is 0 Å². The highest BCUT2D eigenvalue weighted by Crippen LogP contribution is 2.31. The maximum Gasteiger partial charge on any atom is 0.134 e. The first-order chi connectivity index (χ1) is 5.52. The maximum absolute atomic E-state index is 12.8. The Morgan fingerprint density at radius 2 is 2.17 bits per heavy atom. The molecule has 1 rings (SSSR count). The molecule has 1 aromatic rings. The van der Waals surface area contributed by atoms with E-state index in [4.69, 9.17) is 5.73 Å². The summed E-state index contributed by atoms with van der Waals surface area (Å²) in [6.45, 7) is 1.68. The van der Waals surface area contributed by atoms with Crippen molar-refractivity contribution < 1.29 is 9.50 Å². The van der Waals surface area contributed by atoms with Crippen LogP contribution in [0.5, 0.6) is 5.75 Å². The standard InChI is InChI=1S/C8H9BrFNO/c1-4(11)6-2-5(10)3-7(9)8(6)12/h2-4,12H,11H2,1H3. The van der Waals surface area contributed by atoms with Gasteiger partial charge in [0.05, 0.1) is 4.47 Å². The van der Waals surface area contributed by atoms with Crippen LogP contribution in [-0.4, -0.2) is 5.11 Å². The van der Waals surface area contributed by atoms with E-state index in [1.165, 1.54) is 12.1 Å². The maximum atomic E-state index is 12.8. The van der Waals surface area contributed by atoms with E-state index in [9.17, 15) is 9.50 Å². The summed E-state index contributed by atoms with van der Waals surface area (Å²) in [4.78, 5) is 0. The summed E-state index contributed by atoms with van der Waals surface area (Å²) in [5.74, 6) is -0.404. The molecule has 0 aliphatic heterocycles. The van der Waals surface area contributed by atoms with Crippen LogP contribution in [-0.2, 0) is 0 Å². The number of hydrogen-bond acceptors (Lipinski definition) is 2. The van der Waals surface area contributed by atoms with E-state index in [0.29, 0.717) is 10.0 Å². The van der Waals surface area contributed by atoms with Gasteiger partial charge in [0.15, 0.2) is 0 Å². The molecule has 1 unspecified atom stereocenters. The van der Waals surface area contributed by atoms with Crippen LogP contribution in [0.4, 0.5) is 4.39 Å². The van der Waals surface area contributed by atoms with Crippen molar-refractivity contribution in [2.45, 2.75) is 13.0 Å². The molecule has 66 valence electrons. The second-order valence-electron chi connectivity index (χ2n) is 2.61. The smallest absolute Gasteiger partial charge is 0.134 e. The lowest BCUT2D eigenvalue weighted by molar-refractivity contribution is 0.457. The van der Waals surface area contributed by atoms with Crippen LogP contribution in [0.25, 0.3) is 0 Å². The summed E-state index contributed by atoms with van der Waals surface area (Å²) >= 11 is 3.02. The van der Waals surface area contributed by atoms with Crippen molar-refractivity contribution in [1.82, 2.24) is 0 Å². The van der Waals surface area contributed by atoms with Crippen LogP contribution in [0.2, 0.25) is 0 Å². The monoisotopic (exact) mass is 233 g/mol. The third-order valence-electron chi connectivity index (χ3n) is 1.55. The van der Waals surface area contributed by atoms with Crippen molar-refractivity contribution in [1.29, 1.82) is 0 Å². The minimum Gasteiger partial charge on any atom is -0.506 e. The fraction of sp³-hybridized carbons (Fsp3) is 0.250. The van der Waals surface area contributed by atoms with Crippen LogP contribution in [0.15, 0.2) is 16.6 Å². The molecule has 0 aliphatic rings. The molecule has 1 aromatic carbocycles. The average Bonchev–Trinajstić information content (AvgIpc) is 1.96. The van der Waals surface area contributed by atoms with Crippen molar-refractivity contribution in [2.75, 3.05) is 0 Å². The highest BCUT2D eigenvalue weighted by Gasteiger charge is 2.10. The zero-order valence-electron chi connectivity index (χ0n) is 6.51. The molecule has 12 heavy (non-hydrogen) atoms. The van der Waals surface area contributed by atoms with Gasteiger partial charge < -0.3 is 10.8 Å². The third kappa shape index (κ3) is 1.76. The molecule has 0 radical (unpaired) electrons. The highest BCUT2D eigenvalue weighted by molar-refractivity contribution is 9.10. The van der Waals surface area contributed by atoms with Gasteiger partial charge in [0.2, 0.25) is 0 Å². The molecule has 0 bridgehead atoms. The summed E-state index contributed by atoms with van der Waals surface area (Å²) in [5, 5.41) is 9.40. The lowest BCUT2D eigenvalue weighted by Gasteiger charge is -2.09. The largest absolute Gasteiger partial charge is 0.506 e. The molecular weight excluding hydrogens is 225 g/mol. The van der Waals surface area contributed by atoms with E-state index in [1.807, 2.05) is 0 Å². The van der Waals surface area contributed by atoms with Crippen molar-refractivity contribution >= 4 is 15.9 Å². The topological polar surface area (TPSA) is 46.2 Å². The molecule has 4 heteroatoms. The van der Waals surface area contributed by atoms with Gasteiger partial charge in [-0.2, -0.15) is 0 Å². The van der Waals surface area contributed by atoms with Crippen LogP contribution >= 0.6 is 15.9 Å². The molecule has 0 saturated carbocycles. The summed E-state index contributed by atoms with van der Waals surface area (Å²) in [6.07, 6.45) is 0. The summed E-state index contributed by atoms with van der Waals surface area (Å²) < 4.78 is 13.1. The first-order valence-corrected chi connectivity index (χ1v) is 4.25. The normalized spacial score (nSPS) is 13.0. The first-order valence-electron chi connectivity index (χ1n) is 3.46. The van der Waals surface area contributed by atoms with Gasteiger partial charge in [0.1, 0.15) is 11.6 Å². The lowest BCUT2D eigenvalue weighted by atomic mass is 10.1. The number of benzene rings is 1. The molecule has 0 aromatic heterocycles. The van der Waals surface area contributed by atoms with Crippen LogP contribution in [0.3, 0.4) is 0 Å². The Morgan fingerprint density at radius 1 is 1.58 bits per heavy atom. The molecule has 0 heterocycles. The molecule has 0 spiro atoms. The second-order valence-corrected chi connectivity index (χ2v) is 3.47. The Morgan fingerprint density at radius 3 is 2.67 bits per heavy atom. The highest BCUT2D eigenvalue weighted by atomic mass is 79.9. The second kappa shape index (κ2) is 3.41. The number of nitrogens with two attached hydrogens (primary N) is 1. The first kappa shape index (κ1) is 9.48. The number of aromatic hydroxyl groups is 1. The molecule has 2 nitrogen and oxygen atoms in total. The Bertz CT molecular complexity index is 301. The minimum atomic E-state index is -0.410. The van der Waals surface area contributed by atoms with Gasteiger partial charge in [-0.3, -0.25) is 0 Å². The number of phenols is 1. The zero-order chi connectivity index (χ0) is 9.30. The predicted molar refractivity (Wildman–Crippen MR) is 48.4 cm³/mol. The Hall–Kier alpha value is -0.610. The average molecular weight is 234 g/mol. The predicted octanol–water partition coefficient (Wildman–Crippen LogP) is 2.31. The van der Waals surface area contributed by atoms with Crippen LogP contribution < -0.4 is 5.73 Å². The van der Waals surface area contributed by atoms with Crippen molar-refractivity contribution in [3.63, 3.8) is 0 Å². The van der Waals surface area contributed by atoms with Crippen LogP contribution in [0, 0.1) is 5.82 Å². The summed E-state index contributed by atoms with van der Waals surface area (Å²) in [6, 6.07) is 2.04. The van der Waals surface area contributed by atoms with E-state index < -0.39 is 5.82 Å². The molecular formula is C8H9BrFNO. The molecule has 3 N–H and O–H groups in total. The van der Waals surface area contributed by atoms with Gasteiger partial charge in [-0.1, -0.05) is 0 Å². The van der Waals surface area contributed by atoms with E-state index >= 15 is 0 Å². The fourth-order valence-corrected chi connectivity index (χ4v) is 1.38. The molecule has 0 fully saturated rings. The van der Waals surface area contributed by atoms with Crippen molar-refractivity contribution in [3.05, 3.63) is 28.0 Å². The Kier molecular flexibility index (Phi) is 2.69. The molecule has 0 aliphatic carbocycles. The Labute approximate surface area is 78.3 Å². The fourth-order valence-electron chi connectivity index (χ4n) is 0.933. The molecule has 1 atom stereocenters. The SMILES string of the molecule is CC(N)c1cc(F)cc(Br)c1O. The third-order valence-corrected chi connectivity index (χ3v) is 2.15. The summed E-state index contributed by atoms with van der Waals surface area (Å²) in [7, 11) is 0. The summed E-state index contributed by atoms with van der Waals surface area (Å²) in [5.41, 5.74) is 5.91. The lowest BCUT2D eigenvalue weighted by Crippen LogP contribution is -2.05.